The molecule has 18 heavy (non-hydrogen) atoms. The van der Waals surface area contributed by atoms with Gasteiger partial charge >= 0.3 is 5.97 Å². The summed E-state index contributed by atoms with van der Waals surface area (Å²) < 4.78 is 1.58. The average molecular weight is 251 g/mol. The van der Waals surface area contributed by atoms with Crippen LogP contribution in [0.15, 0.2) is 18.5 Å². The largest absolute Gasteiger partial charge is 0.481 e. The first-order valence-electron chi connectivity index (χ1n) is 5.95. The molecule has 0 saturated carbocycles. The van der Waals surface area contributed by atoms with E-state index in [0.29, 0.717) is 13.0 Å². The van der Waals surface area contributed by atoms with Gasteiger partial charge in [-0.05, 0) is 26.3 Å². The predicted octanol–water partition coefficient (Wildman–Crippen LogP) is 0.767. The van der Waals surface area contributed by atoms with Crippen molar-refractivity contribution in [3.63, 3.8) is 0 Å². The van der Waals surface area contributed by atoms with E-state index < -0.39 is 17.4 Å². The summed E-state index contributed by atoms with van der Waals surface area (Å²) in [5, 5.41) is 13.2. The number of carbonyl (C=O) groups excluding carboxylic acids is 1. The highest BCUT2D eigenvalue weighted by atomic mass is 16.4. The van der Waals surface area contributed by atoms with Crippen molar-refractivity contribution in [2.45, 2.75) is 26.3 Å². The van der Waals surface area contributed by atoms with Gasteiger partial charge in [-0.15, -0.1) is 0 Å². The van der Waals surface area contributed by atoms with Crippen LogP contribution in [0.25, 0.3) is 0 Å². The van der Waals surface area contributed by atoms with Crippen LogP contribution in [0.4, 0.5) is 0 Å². The van der Waals surface area contributed by atoms with E-state index in [1.165, 1.54) is 0 Å². The van der Waals surface area contributed by atoms with E-state index in [4.69, 9.17) is 5.11 Å². The van der Waals surface area contributed by atoms with Gasteiger partial charge in [0.1, 0.15) is 6.04 Å². The Kier molecular flexibility index (Phi) is 3.11. The van der Waals surface area contributed by atoms with E-state index >= 15 is 0 Å². The molecule has 6 nitrogen and oxygen atoms in total. The van der Waals surface area contributed by atoms with Crippen molar-refractivity contribution in [3.05, 3.63) is 18.5 Å². The zero-order valence-electron chi connectivity index (χ0n) is 10.5. The summed E-state index contributed by atoms with van der Waals surface area (Å²) in [6.07, 6.45) is 3.85. The topological polar surface area (TPSA) is 75.4 Å². The Morgan fingerprint density at radius 3 is 2.72 bits per heavy atom. The zero-order chi connectivity index (χ0) is 13.3. The number of carboxylic acids is 1. The summed E-state index contributed by atoms with van der Waals surface area (Å²) in [6.45, 7) is 4.22. The van der Waals surface area contributed by atoms with Gasteiger partial charge < -0.3 is 10.0 Å². The number of nitrogens with zero attached hydrogens (tertiary/aromatic N) is 3. The minimum Gasteiger partial charge on any atom is -0.481 e. The summed E-state index contributed by atoms with van der Waals surface area (Å²) >= 11 is 0. The molecule has 0 aromatic carbocycles. The molecule has 2 rings (SSSR count). The molecule has 1 aromatic rings. The molecule has 1 amide bonds. The number of carboxylic acid groups (broad SMARTS) is 1. The van der Waals surface area contributed by atoms with Crippen LogP contribution < -0.4 is 0 Å². The summed E-state index contributed by atoms with van der Waals surface area (Å²) in [5.74, 6) is -0.923. The average Bonchev–Trinajstić information content (AvgIpc) is 2.96. The molecule has 0 radical (unpaired) electrons. The summed E-state index contributed by atoms with van der Waals surface area (Å²) in [6, 6.07) is 1.37. The second kappa shape index (κ2) is 4.44. The van der Waals surface area contributed by atoms with Crippen LogP contribution in [0.2, 0.25) is 0 Å². The van der Waals surface area contributed by atoms with Crippen molar-refractivity contribution in [3.8, 4) is 0 Å². The van der Waals surface area contributed by atoms with Crippen LogP contribution >= 0.6 is 0 Å². The van der Waals surface area contributed by atoms with Gasteiger partial charge in [-0.25, -0.2) is 0 Å². The third-order valence-corrected chi connectivity index (χ3v) is 3.58. The van der Waals surface area contributed by atoms with Gasteiger partial charge in [0, 0.05) is 25.5 Å². The second-order valence-corrected chi connectivity index (χ2v) is 5.04. The van der Waals surface area contributed by atoms with Gasteiger partial charge in [0.2, 0.25) is 5.91 Å². The van der Waals surface area contributed by atoms with E-state index in [1.54, 1.807) is 41.9 Å². The van der Waals surface area contributed by atoms with E-state index in [9.17, 15) is 9.59 Å². The number of aromatic nitrogens is 2. The minimum absolute atomic E-state index is 0.0799. The van der Waals surface area contributed by atoms with Crippen LogP contribution in [0, 0.1) is 5.41 Å². The fourth-order valence-electron chi connectivity index (χ4n) is 2.21. The maximum absolute atomic E-state index is 12.2. The van der Waals surface area contributed by atoms with E-state index in [2.05, 4.69) is 5.10 Å². The number of amides is 1. The third-order valence-electron chi connectivity index (χ3n) is 3.58. The first-order chi connectivity index (χ1) is 8.44. The van der Waals surface area contributed by atoms with Gasteiger partial charge in [0.15, 0.2) is 0 Å². The molecule has 1 saturated heterocycles. The van der Waals surface area contributed by atoms with Crippen molar-refractivity contribution in [2.24, 2.45) is 5.41 Å². The molecular weight excluding hydrogens is 234 g/mol. The Balaban J connectivity index is 2.06. The Labute approximate surface area is 105 Å². The molecule has 1 aliphatic heterocycles. The van der Waals surface area contributed by atoms with Crippen molar-refractivity contribution in [1.82, 2.24) is 14.7 Å². The molecule has 98 valence electrons. The van der Waals surface area contributed by atoms with Crippen molar-refractivity contribution >= 4 is 11.9 Å². The molecule has 1 N–H and O–H groups in total. The van der Waals surface area contributed by atoms with Crippen LogP contribution in [0.3, 0.4) is 0 Å². The van der Waals surface area contributed by atoms with Crippen molar-refractivity contribution in [1.29, 1.82) is 0 Å². The molecular formula is C12H17N3O3. The number of likely N-dealkylation sites (tertiary alicyclic amines) is 1. The molecule has 2 heterocycles. The molecule has 1 aliphatic rings. The maximum Gasteiger partial charge on any atom is 0.311 e. The van der Waals surface area contributed by atoms with E-state index in [-0.39, 0.29) is 12.5 Å². The Hall–Kier alpha value is -1.85. The fraction of sp³-hybridized carbons (Fsp3) is 0.583. The lowest BCUT2D eigenvalue weighted by molar-refractivity contribution is -0.147. The summed E-state index contributed by atoms with van der Waals surface area (Å²) in [4.78, 5) is 25.0. The van der Waals surface area contributed by atoms with Gasteiger partial charge in [-0.2, -0.15) is 5.10 Å². The normalized spacial score (nSPS) is 25.1. The standard InChI is InChI=1S/C12H17N3O3/c1-9(15-6-3-5-13-15)10(16)14-7-4-12(2,8-14)11(17)18/h3,5-6,9H,4,7-8H2,1-2H3,(H,17,18). The lowest BCUT2D eigenvalue weighted by Crippen LogP contribution is -2.38. The summed E-state index contributed by atoms with van der Waals surface area (Å²) in [7, 11) is 0. The van der Waals surface area contributed by atoms with E-state index in [1.807, 2.05) is 0 Å². The number of aliphatic carboxylic acids is 1. The maximum atomic E-state index is 12.2. The first kappa shape index (κ1) is 12.6. The zero-order valence-corrected chi connectivity index (χ0v) is 10.5. The molecule has 1 aromatic heterocycles. The molecule has 0 aliphatic carbocycles. The molecule has 2 unspecified atom stereocenters. The molecule has 0 spiro atoms. The Bertz CT molecular complexity index is 457. The highest BCUT2D eigenvalue weighted by molar-refractivity contribution is 5.82. The number of carbonyl (C=O) groups is 2. The Morgan fingerprint density at radius 1 is 1.50 bits per heavy atom. The van der Waals surface area contributed by atoms with Gasteiger partial charge in [0.25, 0.3) is 0 Å². The van der Waals surface area contributed by atoms with Gasteiger partial charge in [-0.1, -0.05) is 0 Å². The van der Waals surface area contributed by atoms with Crippen molar-refractivity contribution in [2.75, 3.05) is 13.1 Å². The fourth-order valence-corrected chi connectivity index (χ4v) is 2.21. The SMILES string of the molecule is CC(C(=O)N1CCC(C)(C(=O)O)C1)n1cccn1. The second-order valence-electron chi connectivity index (χ2n) is 5.04. The van der Waals surface area contributed by atoms with Gasteiger partial charge in [-0.3, -0.25) is 14.3 Å². The highest BCUT2D eigenvalue weighted by Gasteiger charge is 2.43. The number of rotatable bonds is 3. The smallest absolute Gasteiger partial charge is 0.311 e. The molecule has 0 bridgehead atoms. The van der Waals surface area contributed by atoms with Crippen LogP contribution in [0.5, 0.6) is 0 Å². The number of hydrogen-bond donors (Lipinski definition) is 1. The van der Waals surface area contributed by atoms with E-state index in [0.717, 1.165) is 0 Å². The molecule has 2 atom stereocenters. The third kappa shape index (κ3) is 2.10. The van der Waals surface area contributed by atoms with Crippen LogP contribution in [-0.4, -0.2) is 44.8 Å². The lowest BCUT2D eigenvalue weighted by Gasteiger charge is -2.23. The molecule has 6 heteroatoms. The molecule has 1 fully saturated rings. The van der Waals surface area contributed by atoms with Gasteiger partial charge in [0.05, 0.1) is 5.41 Å². The quantitative estimate of drug-likeness (QED) is 0.860. The predicted molar refractivity (Wildman–Crippen MR) is 63.9 cm³/mol. The van der Waals surface area contributed by atoms with Crippen LogP contribution in [0.1, 0.15) is 26.3 Å². The van der Waals surface area contributed by atoms with Crippen molar-refractivity contribution < 1.29 is 14.7 Å². The first-order valence-corrected chi connectivity index (χ1v) is 5.95. The van der Waals surface area contributed by atoms with Crippen LogP contribution in [-0.2, 0) is 9.59 Å². The highest BCUT2D eigenvalue weighted by Crippen LogP contribution is 2.31. The monoisotopic (exact) mass is 251 g/mol. The Morgan fingerprint density at radius 2 is 2.22 bits per heavy atom. The number of hydrogen-bond acceptors (Lipinski definition) is 3. The minimum atomic E-state index is -0.843. The summed E-state index contributed by atoms with van der Waals surface area (Å²) in [5.41, 5.74) is -0.820. The lowest BCUT2D eigenvalue weighted by atomic mass is 9.90.